The van der Waals surface area contributed by atoms with Crippen molar-refractivity contribution in [3.05, 3.63) is 64.7 Å². The van der Waals surface area contributed by atoms with E-state index in [0.717, 1.165) is 57.7 Å². The molecule has 0 bridgehead atoms. The maximum atomic E-state index is 12.5. The summed E-state index contributed by atoms with van der Waals surface area (Å²) in [6.07, 6.45) is 7.74. The second-order valence-corrected chi connectivity index (χ2v) is 7.54. The standard InChI is InChI=1S/C24H26N2O3/c1-15(12-22(27)26-14-17-8-6-7-11-25-17)19-13-20-18-9-4-5-10-21(18)29-24(20)16(2)23(19)28-3/h6-8,11-13H,4-5,9-10,14H2,1-3H3,(H,26,27)/b15-12+. The van der Waals surface area contributed by atoms with Crippen LogP contribution in [-0.4, -0.2) is 18.0 Å². The molecule has 0 saturated carbocycles. The van der Waals surface area contributed by atoms with Crippen LogP contribution in [0.15, 0.2) is 41.0 Å². The van der Waals surface area contributed by atoms with Gasteiger partial charge in [0, 0.05) is 40.8 Å². The number of hydrogen-bond acceptors (Lipinski definition) is 4. The molecule has 0 aliphatic heterocycles. The average Bonchev–Trinajstić information content (AvgIpc) is 3.12. The van der Waals surface area contributed by atoms with Crippen molar-refractivity contribution < 1.29 is 13.9 Å². The number of methoxy groups -OCH3 is 1. The summed E-state index contributed by atoms with van der Waals surface area (Å²) in [6.45, 7) is 4.36. The number of fused-ring (bicyclic) bond motifs is 3. The van der Waals surface area contributed by atoms with Crippen molar-refractivity contribution in [1.82, 2.24) is 10.3 Å². The summed E-state index contributed by atoms with van der Waals surface area (Å²) >= 11 is 0. The van der Waals surface area contributed by atoms with Gasteiger partial charge in [-0.05, 0) is 56.9 Å². The number of carbonyl (C=O) groups excluding carboxylic acids is 1. The van der Waals surface area contributed by atoms with Crippen LogP contribution in [0.2, 0.25) is 0 Å². The molecule has 1 aliphatic rings. The molecule has 2 aromatic heterocycles. The van der Waals surface area contributed by atoms with E-state index in [1.807, 2.05) is 32.0 Å². The van der Waals surface area contributed by atoms with Crippen molar-refractivity contribution >= 4 is 22.4 Å². The summed E-state index contributed by atoms with van der Waals surface area (Å²) in [5.41, 5.74) is 5.81. The van der Waals surface area contributed by atoms with Crippen LogP contribution in [0, 0.1) is 6.92 Å². The highest BCUT2D eigenvalue weighted by Crippen LogP contribution is 2.40. The van der Waals surface area contributed by atoms with Crippen molar-refractivity contribution in [2.75, 3.05) is 7.11 Å². The van der Waals surface area contributed by atoms with Crippen LogP contribution in [-0.2, 0) is 24.2 Å². The van der Waals surface area contributed by atoms with Gasteiger partial charge in [0.05, 0.1) is 19.3 Å². The molecule has 3 aromatic rings. The van der Waals surface area contributed by atoms with Gasteiger partial charge in [-0.15, -0.1) is 0 Å². The minimum atomic E-state index is -0.151. The summed E-state index contributed by atoms with van der Waals surface area (Å²) < 4.78 is 11.9. The number of hydrogen-bond donors (Lipinski definition) is 1. The lowest BCUT2D eigenvalue weighted by molar-refractivity contribution is -0.116. The molecule has 1 aliphatic carbocycles. The number of allylic oxidation sites excluding steroid dienone is 1. The van der Waals surface area contributed by atoms with Crippen molar-refractivity contribution in [3.8, 4) is 5.75 Å². The van der Waals surface area contributed by atoms with Crippen molar-refractivity contribution in [2.24, 2.45) is 0 Å². The molecule has 0 fully saturated rings. The number of rotatable bonds is 5. The topological polar surface area (TPSA) is 64.4 Å². The van der Waals surface area contributed by atoms with E-state index in [2.05, 4.69) is 16.4 Å². The average molecular weight is 390 g/mol. The fourth-order valence-electron chi connectivity index (χ4n) is 4.10. The summed E-state index contributed by atoms with van der Waals surface area (Å²) in [5.74, 6) is 1.71. The van der Waals surface area contributed by atoms with Gasteiger partial charge in [-0.2, -0.15) is 0 Å². The molecule has 1 aromatic carbocycles. The number of nitrogens with zero attached hydrogens (tertiary/aromatic N) is 1. The number of carbonyl (C=O) groups is 1. The number of ether oxygens (including phenoxy) is 1. The highest BCUT2D eigenvalue weighted by Gasteiger charge is 2.23. The Morgan fingerprint density at radius 2 is 2.14 bits per heavy atom. The van der Waals surface area contributed by atoms with E-state index >= 15 is 0 Å². The largest absolute Gasteiger partial charge is 0.496 e. The van der Waals surface area contributed by atoms with Crippen molar-refractivity contribution in [2.45, 2.75) is 46.1 Å². The Balaban J connectivity index is 1.66. The van der Waals surface area contributed by atoms with Crippen LogP contribution >= 0.6 is 0 Å². The van der Waals surface area contributed by atoms with E-state index in [4.69, 9.17) is 9.15 Å². The maximum absolute atomic E-state index is 12.5. The first-order chi connectivity index (χ1) is 14.1. The zero-order valence-electron chi connectivity index (χ0n) is 17.2. The lowest BCUT2D eigenvalue weighted by atomic mass is 9.93. The fourth-order valence-corrected chi connectivity index (χ4v) is 4.10. The lowest BCUT2D eigenvalue weighted by Gasteiger charge is -2.13. The molecule has 0 radical (unpaired) electrons. The van der Waals surface area contributed by atoms with Gasteiger partial charge in [-0.3, -0.25) is 9.78 Å². The van der Waals surface area contributed by atoms with Crippen LogP contribution < -0.4 is 10.1 Å². The molecule has 0 spiro atoms. The van der Waals surface area contributed by atoms with Crippen molar-refractivity contribution in [3.63, 3.8) is 0 Å². The summed E-state index contributed by atoms with van der Waals surface area (Å²) in [5, 5.41) is 4.04. The molecule has 2 heterocycles. The Labute approximate surface area is 170 Å². The van der Waals surface area contributed by atoms with Gasteiger partial charge in [-0.25, -0.2) is 0 Å². The smallest absolute Gasteiger partial charge is 0.244 e. The first kappa shape index (κ1) is 19.2. The predicted octanol–water partition coefficient (Wildman–Crippen LogP) is 4.74. The van der Waals surface area contributed by atoms with E-state index in [0.29, 0.717) is 6.54 Å². The highest BCUT2D eigenvalue weighted by atomic mass is 16.5. The predicted molar refractivity (Wildman–Crippen MR) is 114 cm³/mol. The quantitative estimate of drug-likeness (QED) is 0.639. The van der Waals surface area contributed by atoms with Crippen LogP contribution in [0.25, 0.3) is 16.5 Å². The minimum absolute atomic E-state index is 0.151. The van der Waals surface area contributed by atoms with Crippen LogP contribution in [0.1, 0.15) is 47.9 Å². The zero-order valence-corrected chi connectivity index (χ0v) is 17.2. The summed E-state index contributed by atoms with van der Waals surface area (Å²) in [4.78, 5) is 16.7. The number of pyridine rings is 1. The zero-order chi connectivity index (χ0) is 20.4. The van der Waals surface area contributed by atoms with Crippen LogP contribution in [0.4, 0.5) is 0 Å². The Bertz CT molecular complexity index is 1080. The van der Waals surface area contributed by atoms with E-state index in [-0.39, 0.29) is 5.91 Å². The van der Waals surface area contributed by atoms with Gasteiger partial charge in [-0.1, -0.05) is 6.07 Å². The minimum Gasteiger partial charge on any atom is -0.496 e. The van der Waals surface area contributed by atoms with Crippen LogP contribution in [0.5, 0.6) is 5.75 Å². The molecule has 29 heavy (non-hydrogen) atoms. The molecule has 1 amide bonds. The summed E-state index contributed by atoms with van der Waals surface area (Å²) in [7, 11) is 1.66. The molecule has 5 heteroatoms. The number of furan rings is 1. The highest BCUT2D eigenvalue weighted by molar-refractivity contribution is 5.98. The molecule has 0 unspecified atom stereocenters. The molecule has 4 rings (SSSR count). The second kappa shape index (κ2) is 8.11. The third kappa shape index (κ3) is 3.77. The third-order valence-electron chi connectivity index (χ3n) is 5.57. The Morgan fingerprint density at radius 1 is 1.31 bits per heavy atom. The first-order valence-electron chi connectivity index (χ1n) is 10.1. The lowest BCUT2D eigenvalue weighted by Crippen LogP contribution is -2.21. The normalized spacial score (nSPS) is 14.0. The van der Waals surface area contributed by atoms with Gasteiger partial charge in [0.1, 0.15) is 17.1 Å². The molecule has 0 saturated heterocycles. The van der Waals surface area contributed by atoms with Gasteiger partial charge in [0.15, 0.2) is 0 Å². The van der Waals surface area contributed by atoms with Crippen LogP contribution in [0.3, 0.4) is 0 Å². The third-order valence-corrected chi connectivity index (χ3v) is 5.57. The van der Waals surface area contributed by atoms with E-state index in [1.165, 1.54) is 18.4 Å². The summed E-state index contributed by atoms with van der Waals surface area (Å²) in [6, 6.07) is 7.77. The molecule has 150 valence electrons. The van der Waals surface area contributed by atoms with Gasteiger partial charge < -0.3 is 14.5 Å². The first-order valence-corrected chi connectivity index (χ1v) is 10.1. The van der Waals surface area contributed by atoms with E-state index < -0.39 is 0 Å². The SMILES string of the molecule is COc1c(/C(C)=C/C(=O)NCc2ccccn2)cc2c3c(oc2c1C)CCCC3. The number of benzene rings is 1. The fraction of sp³-hybridized carbons (Fsp3) is 0.333. The Kier molecular flexibility index (Phi) is 5.38. The number of aromatic nitrogens is 1. The maximum Gasteiger partial charge on any atom is 0.244 e. The number of aryl methyl sites for hydroxylation is 3. The molecular formula is C24H26N2O3. The van der Waals surface area contributed by atoms with Gasteiger partial charge in [0.2, 0.25) is 5.91 Å². The number of amides is 1. The number of nitrogens with one attached hydrogen (secondary N) is 1. The molecular weight excluding hydrogens is 364 g/mol. The monoisotopic (exact) mass is 390 g/mol. The molecule has 1 N–H and O–H groups in total. The molecule has 5 nitrogen and oxygen atoms in total. The van der Waals surface area contributed by atoms with Crippen molar-refractivity contribution in [1.29, 1.82) is 0 Å². The second-order valence-electron chi connectivity index (χ2n) is 7.54. The Morgan fingerprint density at radius 3 is 2.90 bits per heavy atom. The van der Waals surface area contributed by atoms with Gasteiger partial charge in [0.25, 0.3) is 0 Å². The molecule has 0 atom stereocenters. The van der Waals surface area contributed by atoms with E-state index in [1.54, 1.807) is 19.4 Å². The van der Waals surface area contributed by atoms with Gasteiger partial charge >= 0.3 is 0 Å². The van der Waals surface area contributed by atoms with E-state index in [9.17, 15) is 4.79 Å². The Hall–Kier alpha value is -3.08.